The SMILES string of the molecule is C=CCN1C(=O)/C(=C/c2ccc(N(C)C)cc2)SC1=NS(=O)(=O)c1ccc(CC)cc1. The van der Waals surface area contributed by atoms with E-state index in [9.17, 15) is 13.2 Å². The lowest BCUT2D eigenvalue weighted by molar-refractivity contribution is -0.121. The van der Waals surface area contributed by atoms with Crippen LogP contribution >= 0.6 is 11.8 Å². The fourth-order valence-corrected chi connectivity index (χ4v) is 5.13. The molecule has 0 atom stereocenters. The molecule has 0 unspecified atom stereocenters. The van der Waals surface area contributed by atoms with E-state index in [0.717, 1.165) is 35.0 Å². The first kappa shape index (κ1) is 22.8. The number of nitrogens with zero attached hydrogens (tertiary/aromatic N) is 3. The fraction of sp³-hybridized carbons (Fsp3) is 0.217. The van der Waals surface area contributed by atoms with E-state index in [1.807, 2.05) is 50.2 Å². The number of carbonyl (C=O) groups excluding carboxylic acids is 1. The third kappa shape index (κ3) is 5.26. The van der Waals surface area contributed by atoms with E-state index in [1.54, 1.807) is 36.4 Å². The molecule has 0 aliphatic carbocycles. The third-order valence-corrected chi connectivity index (χ3v) is 7.14. The molecule has 0 aromatic heterocycles. The topological polar surface area (TPSA) is 70.1 Å². The monoisotopic (exact) mass is 455 g/mol. The van der Waals surface area contributed by atoms with Crippen molar-refractivity contribution in [2.24, 2.45) is 4.40 Å². The van der Waals surface area contributed by atoms with E-state index in [2.05, 4.69) is 11.0 Å². The highest BCUT2D eigenvalue weighted by Crippen LogP contribution is 2.34. The van der Waals surface area contributed by atoms with Crippen LogP contribution in [0, 0.1) is 0 Å². The molecule has 0 N–H and O–H groups in total. The second kappa shape index (κ2) is 9.53. The minimum atomic E-state index is -3.95. The van der Waals surface area contributed by atoms with Gasteiger partial charge in [0, 0.05) is 26.3 Å². The van der Waals surface area contributed by atoms with Gasteiger partial charge in [0.05, 0.1) is 9.80 Å². The average molecular weight is 456 g/mol. The summed E-state index contributed by atoms with van der Waals surface area (Å²) in [4.78, 5) is 16.7. The van der Waals surface area contributed by atoms with Crippen LogP contribution in [-0.2, 0) is 21.2 Å². The summed E-state index contributed by atoms with van der Waals surface area (Å²) in [5, 5.41) is 0.126. The first-order valence-corrected chi connectivity index (χ1v) is 12.0. The zero-order chi connectivity index (χ0) is 22.6. The Balaban J connectivity index is 1.93. The normalized spacial score (nSPS) is 16.9. The number of rotatable bonds is 7. The Hall–Kier alpha value is -2.84. The van der Waals surface area contributed by atoms with Crippen molar-refractivity contribution in [1.82, 2.24) is 4.90 Å². The number of carbonyl (C=O) groups is 1. The highest BCUT2D eigenvalue weighted by atomic mass is 32.2. The van der Waals surface area contributed by atoms with Gasteiger partial charge in [0.2, 0.25) is 0 Å². The summed E-state index contributed by atoms with van der Waals surface area (Å²) in [7, 11) is -0.0399. The summed E-state index contributed by atoms with van der Waals surface area (Å²) >= 11 is 1.05. The highest BCUT2D eigenvalue weighted by molar-refractivity contribution is 8.19. The number of benzene rings is 2. The first-order chi connectivity index (χ1) is 14.7. The molecule has 162 valence electrons. The Morgan fingerprint density at radius 3 is 2.29 bits per heavy atom. The van der Waals surface area contributed by atoms with Crippen molar-refractivity contribution in [3.63, 3.8) is 0 Å². The Labute approximate surface area is 188 Å². The van der Waals surface area contributed by atoms with Gasteiger partial charge >= 0.3 is 0 Å². The molecule has 8 heteroatoms. The van der Waals surface area contributed by atoms with Gasteiger partial charge in [-0.05, 0) is 59.7 Å². The Bertz CT molecular complexity index is 1130. The zero-order valence-electron chi connectivity index (χ0n) is 17.8. The van der Waals surface area contributed by atoms with Gasteiger partial charge in [0.15, 0.2) is 5.17 Å². The molecule has 3 rings (SSSR count). The smallest absolute Gasteiger partial charge is 0.284 e. The molecule has 6 nitrogen and oxygen atoms in total. The van der Waals surface area contributed by atoms with Crippen LogP contribution in [0.15, 0.2) is 75.4 Å². The molecule has 1 aliphatic rings. The van der Waals surface area contributed by atoms with E-state index in [1.165, 1.54) is 4.90 Å². The second-order valence-electron chi connectivity index (χ2n) is 7.15. The Kier molecular flexibility index (Phi) is 7.02. The summed E-state index contributed by atoms with van der Waals surface area (Å²) in [6, 6.07) is 14.4. The number of anilines is 1. The van der Waals surface area contributed by atoms with Crippen LogP contribution in [0.25, 0.3) is 6.08 Å². The van der Waals surface area contributed by atoms with Crippen molar-refractivity contribution in [2.45, 2.75) is 18.2 Å². The molecular weight excluding hydrogens is 430 g/mol. The second-order valence-corrected chi connectivity index (χ2v) is 9.76. The number of amidine groups is 1. The molecule has 0 bridgehead atoms. The summed E-state index contributed by atoms with van der Waals surface area (Å²) in [5.41, 5.74) is 2.93. The van der Waals surface area contributed by atoms with Gasteiger partial charge < -0.3 is 4.90 Å². The van der Waals surface area contributed by atoms with Crippen molar-refractivity contribution < 1.29 is 13.2 Å². The van der Waals surface area contributed by atoms with E-state index < -0.39 is 10.0 Å². The number of aryl methyl sites for hydroxylation is 1. The van der Waals surface area contributed by atoms with Crippen molar-refractivity contribution >= 4 is 44.6 Å². The molecule has 0 spiro atoms. The fourth-order valence-electron chi connectivity index (χ4n) is 2.94. The lowest BCUT2D eigenvalue weighted by Crippen LogP contribution is -2.29. The molecule has 1 heterocycles. The van der Waals surface area contributed by atoms with Crippen LogP contribution in [0.3, 0.4) is 0 Å². The molecule has 2 aromatic rings. The standard InChI is InChI=1S/C23H25N3O3S2/c1-5-15-26-22(27)21(16-18-7-11-19(12-8-18)25(3)4)30-23(26)24-31(28,29)20-13-9-17(6-2)10-14-20/h5,7-14,16H,1,6,15H2,2-4H3/b21-16-,24-23?. The number of hydrogen-bond donors (Lipinski definition) is 0. The first-order valence-electron chi connectivity index (χ1n) is 9.78. The minimum absolute atomic E-state index is 0.0977. The molecule has 1 amide bonds. The lowest BCUT2D eigenvalue weighted by atomic mass is 10.2. The number of thioether (sulfide) groups is 1. The molecule has 1 fully saturated rings. The van der Waals surface area contributed by atoms with Gasteiger partial charge in [-0.25, -0.2) is 0 Å². The van der Waals surface area contributed by atoms with Crippen LogP contribution in [-0.4, -0.2) is 45.0 Å². The zero-order valence-corrected chi connectivity index (χ0v) is 19.4. The van der Waals surface area contributed by atoms with Gasteiger partial charge in [-0.15, -0.1) is 11.0 Å². The van der Waals surface area contributed by atoms with Crippen LogP contribution < -0.4 is 4.90 Å². The molecule has 1 saturated heterocycles. The molecule has 2 aromatic carbocycles. The van der Waals surface area contributed by atoms with Gasteiger partial charge in [0.1, 0.15) is 0 Å². The van der Waals surface area contributed by atoms with E-state index >= 15 is 0 Å². The van der Waals surface area contributed by atoms with Gasteiger partial charge in [-0.1, -0.05) is 37.3 Å². The highest BCUT2D eigenvalue weighted by Gasteiger charge is 2.34. The lowest BCUT2D eigenvalue weighted by Gasteiger charge is -2.12. The number of sulfonamides is 1. The van der Waals surface area contributed by atoms with Gasteiger partial charge in [-0.2, -0.15) is 8.42 Å². The summed E-state index contributed by atoms with van der Waals surface area (Å²) in [6.45, 7) is 5.84. The average Bonchev–Trinajstić information content (AvgIpc) is 3.02. The van der Waals surface area contributed by atoms with Crippen molar-refractivity contribution in [2.75, 3.05) is 25.5 Å². The van der Waals surface area contributed by atoms with Gasteiger partial charge in [-0.3, -0.25) is 9.69 Å². The summed E-state index contributed by atoms with van der Waals surface area (Å²) in [5.74, 6) is -0.295. The van der Waals surface area contributed by atoms with Crippen molar-refractivity contribution in [3.8, 4) is 0 Å². The molecule has 31 heavy (non-hydrogen) atoms. The molecular formula is C23H25N3O3S2. The maximum Gasteiger partial charge on any atom is 0.284 e. The van der Waals surface area contributed by atoms with Crippen LogP contribution in [0.5, 0.6) is 0 Å². The van der Waals surface area contributed by atoms with Crippen molar-refractivity contribution in [1.29, 1.82) is 0 Å². The van der Waals surface area contributed by atoms with Crippen LogP contribution in [0.4, 0.5) is 5.69 Å². The predicted molar refractivity (Wildman–Crippen MR) is 129 cm³/mol. The van der Waals surface area contributed by atoms with E-state index in [4.69, 9.17) is 0 Å². The molecule has 1 aliphatic heterocycles. The Morgan fingerprint density at radius 2 is 1.74 bits per heavy atom. The quantitative estimate of drug-likeness (QED) is 0.463. The maximum atomic E-state index is 12.9. The molecule has 0 saturated carbocycles. The van der Waals surface area contributed by atoms with Crippen LogP contribution in [0.1, 0.15) is 18.1 Å². The van der Waals surface area contributed by atoms with Crippen molar-refractivity contribution in [3.05, 3.63) is 77.2 Å². The minimum Gasteiger partial charge on any atom is -0.378 e. The number of amides is 1. The van der Waals surface area contributed by atoms with E-state index in [-0.39, 0.29) is 22.5 Å². The largest absolute Gasteiger partial charge is 0.378 e. The molecule has 0 radical (unpaired) electrons. The summed E-state index contributed by atoms with van der Waals surface area (Å²) in [6.07, 6.45) is 4.11. The predicted octanol–water partition coefficient (Wildman–Crippen LogP) is 4.16. The van der Waals surface area contributed by atoms with Crippen LogP contribution in [0.2, 0.25) is 0 Å². The maximum absolute atomic E-state index is 12.9. The number of hydrogen-bond acceptors (Lipinski definition) is 5. The van der Waals surface area contributed by atoms with Gasteiger partial charge in [0.25, 0.3) is 15.9 Å². The van der Waals surface area contributed by atoms with E-state index in [0.29, 0.717) is 4.91 Å². The Morgan fingerprint density at radius 1 is 1.10 bits per heavy atom. The third-order valence-electron chi connectivity index (χ3n) is 4.73. The summed E-state index contributed by atoms with van der Waals surface area (Å²) < 4.78 is 29.6.